The fourth-order valence-corrected chi connectivity index (χ4v) is 2.38. The molecule has 0 aliphatic rings. The van der Waals surface area contributed by atoms with Crippen LogP contribution in [-0.4, -0.2) is 24.6 Å². The third-order valence-electron chi connectivity index (χ3n) is 3.07. The Morgan fingerprint density at radius 3 is 2.50 bits per heavy atom. The second kappa shape index (κ2) is 8.15. The lowest BCUT2D eigenvalue weighted by atomic mass is 9.99. The van der Waals surface area contributed by atoms with E-state index in [1.165, 1.54) is 0 Å². The fraction of sp³-hybridized carbons (Fsp3) is 0.562. The highest BCUT2D eigenvalue weighted by molar-refractivity contribution is 6.21. The third kappa shape index (κ3) is 5.04. The van der Waals surface area contributed by atoms with Crippen LogP contribution in [0.4, 0.5) is 0 Å². The lowest BCUT2D eigenvalue weighted by Gasteiger charge is -2.15. The van der Waals surface area contributed by atoms with E-state index in [1.54, 1.807) is 6.92 Å². The first kappa shape index (κ1) is 16.8. The molecule has 0 radical (unpaired) electrons. The van der Waals surface area contributed by atoms with Gasteiger partial charge in [0.15, 0.2) is 0 Å². The van der Waals surface area contributed by atoms with Crippen LogP contribution in [0.3, 0.4) is 0 Å². The number of esters is 1. The molecule has 1 rings (SSSR count). The molecule has 0 fully saturated rings. The van der Waals surface area contributed by atoms with Gasteiger partial charge >= 0.3 is 5.97 Å². The van der Waals surface area contributed by atoms with Gasteiger partial charge in [0.1, 0.15) is 5.75 Å². The summed E-state index contributed by atoms with van der Waals surface area (Å²) in [6, 6.07) is 4.11. The summed E-state index contributed by atoms with van der Waals surface area (Å²) in [5.74, 6) is 0.665. The van der Waals surface area contributed by atoms with Crippen LogP contribution in [0.5, 0.6) is 5.75 Å². The number of rotatable bonds is 7. The van der Waals surface area contributed by atoms with Crippen LogP contribution in [0.1, 0.15) is 37.0 Å². The van der Waals surface area contributed by atoms with Crippen molar-refractivity contribution in [2.24, 2.45) is 0 Å². The second-order valence-corrected chi connectivity index (χ2v) is 5.40. The molecular weight excluding hydrogens is 276 g/mol. The molecule has 0 bridgehead atoms. The molecule has 0 spiro atoms. The fourth-order valence-electron chi connectivity index (χ4n) is 2.09. The van der Waals surface area contributed by atoms with Crippen molar-refractivity contribution in [3.05, 3.63) is 28.8 Å². The molecule has 0 saturated heterocycles. The molecule has 1 atom stereocenters. The number of hydrogen-bond donors (Lipinski definition) is 0. The molecule has 3 nitrogen and oxygen atoms in total. The summed E-state index contributed by atoms with van der Waals surface area (Å²) in [6.45, 7) is 8.86. The van der Waals surface area contributed by atoms with Crippen molar-refractivity contribution in [3.63, 3.8) is 0 Å². The van der Waals surface area contributed by atoms with E-state index in [4.69, 9.17) is 21.1 Å². The molecule has 0 amide bonds. The van der Waals surface area contributed by atoms with Crippen LogP contribution in [0.15, 0.2) is 12.1 Å². The van der Waals surface area contributed by atoms with Crippen molar-refractivity contribution in [2.75, 3.05) is 13.2 Å². The standard InChI is InChI=1S/C16H23ClO3/c1-5-19-15-8-11(3)13(7-12(15)4)9-14(17)10-16(18)20-6-2/h7-8,14H,5-6,9-10H2,1-4H3. The highest BCUT2D eigenvalue weighted by Crippen LogP contribution is 2.25. The van der Waals surface area contributed by atoms with E-state index < -0.39 is 0 Å². The zero-order valence-electron chi connectivity index (χ0n) is 12.7. The van der Waals surface area contributed by atoms with Crippen molar-refractivity contribution in [1.82, 2.24) is 0 Å². The van der Waals surface area contributed by atoms with E-state index in [2.05, 4.69) is 6.07 Å². The van der Waals surface area contributed by atoms with E-state index in [0.29, 0.717) is 19.6 Å². The highest BCUT2D eigenvalue weighted by Gasteiger charge is 2.15. The van der Waals surface area contributed by atoms with Gasteiger partial charge in [0.2, 0.25) is 0 Å². The molecule has 20 heavy (non-hydrogen) atoms. The van der Waals surface area contributed by atoms with Gasteiger partial charge in [0.05, 0.1) is 19.6 Å². The van der Waals surface area contributed by atoms with Gasteiger partial charge in [-0.1, -0.05) is 6.07 Å². The molecule has 1 unspecified atom stereocenters. The van der Waals surface area contributed by atoms with Gasteiger partial charge in [-0.15, -0.1) is 11.6 Å². The van der Waals surface area contributed by atoms with Crippen LogP contribution in [-0.2, 0) is 16.0 Å². The zero-order valence-corrected chi connectivity index (χ0v) is 13.4. The molecular formula is C16H23ClO3. The zero-order chi connectivity index (χ0) is 15.1. The Morgan fingerprint density at radius 1 is 1.20 bits per heavy atom. The lowest BCUT2D eigenvalue weighted by Crippen LogP contribution is -2.14. The average Bonchev–Trinajstić information content (AvgIpc) is 2.35. The normalized spacial score (nSPS) is 12.1. The summed E-state index contributed by atoms with van der Waals surface area (Å²) in [6.07, 6.45) is 0.889. The molecule has 0 saturated carbocycles. The summed E-state index contributed by atoms with van der Waals surface area (Å²) >= 11 is 6.24. The van der Waals surface area contributed by atoms with E-state index in [1.807, 2.05) is 26.8 Å². The summed E-state index contributed by atoms with van der Waals surface area (Å²) in [5, 5.41) is -0.245. The monoisotopic (exact) mass is 298 g/mol. The molecule has 112 valence electrons. The van der Waals surface area contributed by atoms with E-state index in [0.717, 1.165) is 22.4 Å². The number of hydrogen-bond acceptors (Lipinski definition) is 3. The molecule has 0 aliphatic carbocycles. The van der Waals surface area contributed by atoms with Crippen molar-refractivity contribution >= 4 is 17.6 Å². The molecule has 1 aromatic carbocycles. The minimum atomic E-state index is -0.245. The van der Waals surface area contributed by atoms with Gasteiger partial charge in [-0.3, -0.25) is 4.79 Å². The summed E-state index contributed by atoms with van der Waals surface area (Å²) in [4.78, 5) is 11.4. The Bertz CT molecular complexity index is 457. The van der Waals surface area contributed by atoms with Crippen molar-refractivity contribution in [1.29, 1.82) is 0 Å². The number of benzene rings is 1. The minimum absolute atomic E-state index is 0.237. The Hall–Kier alpha value is -1.22. The van der Waals surface area contributed by atoms with Gasteiger partial charge in [-0.05, 0) is 56.9 Å². The van der Waals surface area contributed by atoms with E-state index in [9.17, 15) is 4.79 Å². The number of aryl methyl sites for hydroxylation is 2. The van der Waals surface area contributed by atoms with Gasteiger partial charge in [-0.25, -0.2) is 0 Å². The summed E-state index contributed by atoms with van der Waals surface area (Å²) < 4.78 is 10.5. The average molecular weight is 299 g/mol. The molecule has 0 aliphatic heterocycles. The Labute approximate surface area is 126 Å². The predicted molar refractivity (Wildman–Crippen MR) is 81.7 cm³/mol. The Balaban J connectivity index is 2.72. The minimum Gasteiger partial charge on any atom is -0.494 e. The maximum absolute atomic E-state index is 11.4. The molecule has 0 N–H and O–H groups in total. The van der Waals surface area contributed by atoms with Gasteiger partial charge in [0, 0.05) is 5.38 Å². The molecule has 1 aromatic rings. The number of alkyl halides is 1. The van der Waals surface area contributed by atoms with Gasteiger partial charge in [0.25, 0.3) is 0 Å². The lowest BCUT2D eigenvalue weighted by molar-refractivity contribution is -0.143. The van der Waals surface area contributed by atoms with Gasteiger partial charge in [-0.2, -0.15) is 0 Å². The second-order valence-electron chi connectivity index (χ2n) is 4.79. The molecule has 4 heteroatoms. The Kier molecular flexibility index (Phi) is 6.86. The largest absolute Gasteiger partial charge is 0.494 e. The number of ether oxygens (including phenoxy) is 2. The van der Waals surface area contributed by atoms with Crippen LogP contribution in [0.25, 0.3) is 0 Å². The van der Waals surface area contributed by atoms with Crippen LogP contribution in [0, 0.1) is 13.8 Å². The molecule has 0 aromatic heterocycles. The maximum atomic E-state index is 11.4. The SMILES string of the molecule is CCOC(=O)CC(Cl)Cc1cc(C)c(OCC)cc1C. The number of carbonyl (C=O) groups excluding carboxylic acids is 1. The quantitative estimate of drug-likeness (QED) is 0.567. The third-order valence-corrected chi connectivity index (χ3v) is 3.38. The predicted octanol–water partition coefficient (Wildman–Crippen LogP) is 3.81. The first-order valence-electron chi connectivity index (χ1n) is 7.00. The molecule has 0 heterocycles. The van der Waals surface area contributed by atoms with E-state index in [-0.39, 0.29) is 17.8 Å². The maximum Gasteiger partial charge on any atom is 0.307 e. The highest BCUT2D eigenvalue weighted by atomic mass is 35.5. The van der Waals surface area contributed by atoms with E-state index >= 15 is 0 Å². The number of halogens is 1. The van der Waals surface area contributed by atoms with Crippen molar-refractivity contribution < 1.29 is 14.3 Å². The smallest absolute Gasteiger partial charge is 0.307 e. The van der Waals surface area contributed by atoms with Gasteiger partial charge < -0.3 is 9.47 Å². The van der Waals surface area contributed by atoms with Crippen molar-refractivity contribution in [2.45, 2.75) is 45.9 Å². The summed E-state index contributed by atoms with van der Waals surface area (Å²) in [7, 11) is 0. The summed E-state index contributed by atoms with van der Waals surface area (Å²) in [5.41, 5.74) is 3.37. The topological polar surface area (TPSA) is 35.5 Å². The van der Waals surface area contributed by atoms with Crippen molar-refractivity contribution in [3.8, 4) is 5.75 Å². The first-order valence-corrected chi connectivity index (χ1v) is 7.44. The first-order chi connectivity index (χ1) is 9.47. The van der Waals surface area contributed by atoms with Crippen LogP contribution < -0.4 is 4.74 Å². The van der Waals surface area contributed by atoms with Crippen LogP contribution >= 0.6 is 11.6 Å². The number of carbonyl (C=O) groups is 1. The Morgan fingerprint density at radius 2 is 1.90 bits per heavy atom. The van der Waals surface area contributed by atoms with Crippen LogP contribution in [0.2, 0.25) is 0 Å².